The minimum absolute atomic E-state index is 0.496. The van der Waals surface area contributed by atoms with Crippen LogP contribution in [0.4, 0.5) is 17.6 Å². The van der Waals surface area contributed by atoms with Crippen LogP contribution < -0.4 is 16.6 Å². The second kappa shape index (κ2) is 5.55. The van der Waals surface area contributed by atoms with Crippen LogP contribution in [0.25, 0.3) is 11.3 Å². The predicted octanol–water partition coefficient (Wildman–Crippen LogP) is 1.30. The van der Waals surface area contributed by atoms with Crippen LogP contribution in [0.3, 0.4) is 0 Å². The van der Waals surface area contributed by atoms with E-state index in [0.717, 1.165) is 17.1 Å². The standard InChI is InChI=1S/C13H14N8/c1-21-12(4-7-17-21)19-13-16-6-3-10(18-13)9-2-5-15-11(8-9)20-14/h2-8H,14H2,1H3,(H,15,20)(H,16,18,19). The Hall–Kier alpha value is -3.00. The summed E-state index contributed by atoms with van der Waals surface area (Å²) < 4.78 is 1.71. The third-order valence-electron chi connectivity index (χ3n) is 2.92. The van der Waals surface area contributed by atoms with Crippen LogP contribution in [-0.4, -0.2) is 24.7 Å². The van der Waals surface area contributed by atoms with E-state index in [0.29, 0.717) is 11.8 Å². The van der Waals surface area contributed by atoms with E-state index < -0.39 is 0 Å². The van der Waals surface area contributed by atoms with Gasteiger partial charge in [0.05, 0.1) is 11.9 Å². The molecule has 4 N–H and O–H groups in total. The van der Waals surface area contributed by atoms with E-state index in [9.17, 15) is 0 Å². The molecule has 3 aromatic heterocycles. The molecule has 0 spiro atoms. The van der Waals surface area contributed by atoms with Crippen molar-refractivity contribution >= 4 is 17.6 Å². The molecule has 0 fully saturated rings. The highest BCUT2D eigenvalue weighted by atomic mass is 15.3. The van der Waals surface area contributed by atoms with Crippen molar-refractivity contribution < 1.29 is 0 Å². The van der Waals surface area contributed by atoms with Gasteiger partial charge in [-0.2, -0.15) is 5.10 Å². The minimum atomic E-state index is 0.496. The van der Waals surface area contributed by atoms with Gasteiger partial charge in [0, 0.05) is 31.1 Å². The highest BCUT2D eigenvalue weighted by Gasteiger charge is 2.05. The molecule has 3 rings (SSSR count). The van der Waals surface area contributed by atoms with Crippen LogP contribution in [-0.2, 0) is 7.05 Å². The van der Waals surface area contributed by atoms with Crippen molar-refractivity contribution in [1.82, 2.24) is 24.7 Å². The summed E-state index contributed by atoms with van der Waals surface area (Å²) in [4.78, 5) is 12.8. The topological polar surface area (TPSA) is 107 Å². The predicted molar refractivity (Wildman–Crippen MR) is 79.6 cm³/mol. The van der Waals surface area contributed by atoms with Crippen LogP contribution in [0, 0.1) is 0 Å². The average molecular weight is 282 g/mol. The first-order valence-corrected chi connectivity index (χ1v) is 6.27. The zero-order valence-electron chi connectivity index (χ0n) is 11.4. The fourth-order valence-corrected chi connectivity index (χ4v) is 1.86. The fraction of sp³-hybridized carbons (Fsp3) is 0.0769. The van der Waals surface area contributed by atoms with E-state index in [4.69, 9.17) is 5.84 Å². The molecular formula is C13H14N8. The number of nitrogens with one attached hydrogen (secondary N) is 2. The van der Waals surface area contributed by atoms with Crippen molar-refractivity contribution in [3.05, 3.63) is 42.9 Å². The monoisotopic (exact) mass is 282 g/mol. The largest absolute Gasteiger partial charge is 0.309 e. The molecule has 0 saturated heterocycles. The Morgan fingerprint density at radius 1 is 1.10 bits per heavy atom. The smallest absolute Gasteiger partial charge is 0.228 e. The van der Waals surface area contributed by atoms with Crippen molar-refractivity contribution in [2.75, 3.05) is 10.7 Å². The minimum Gasteiger partial charge on any atom is -0.309 e. The number of hydrogen-bond acceptors (Lipinski definition) is 7. The van der Waals surface area contributed by atoms with Gasteiger partial charge < -0.3 is 10.7 Å². The molecule has 3 aromatic rings. The van der Waals surface area contributed by atoms with Crippen LogP contribution in [0.1, 0.15) is 0 Å². The number of hydrogen-bond donors (Lipinski definition) is 3. The van der Waals surface area contributed by atoms with Gasteiger partial charge in [-0.05, 0) is 18.2 Å². The first-order valence-electron chi connectivity index (χ1n) is 6.27. The van der Waals surface area contributed by atoms with Gasteiger partial charge in [0.1, 0.15) is 11.6 Å². The van der Waals surface area contributed by atoms with Crippen molar-refractivity contribution in [3.63, 3.8) is 0 Å². The zero-order chi connectivity index (χ0) is 14.7. The number of nitrogen functional groups attached to an aromatic ring is 1. The van der Waals surface area contributed by atoms with E-state index in [2.05, 4.69) is 30.8 Å². The highest BCUT2D eigenvalue weighted by molar-refractivity contribution is 5.64. The second-order valence-electron chi connectivity index (χ2n) is 4.30. The van der Waals surface area contributed by atoms with Gasteiger partial charge in [-0.15, -0.1) is 0 Å². The molecule has 0 amide bonds. The van der Waals surface area contributed by atoms with E-state index in [1.807, 2.05) is 31.3 Å². The quantitative estimate of drug-likeness (QED) is 0.489. The molecule has 8 nitrogen and oxygen atoms in total. The summed E-state index contributed by atoms with van der Waals surface area (Å²) in [5.41, 5.74) is 4.18. The molecule has 0 aliphatic rings. The molecule has 21 heavy (non-hydrogen) atoms. The lowest BCUT2D eigenvalue weighted by molar-refractivity contribution is 0.775. The molecule has 0 aromatic carbocycles. The number of nitrogens with two attached hydrogens (primary N) is 1. The lowest BCUT2D eigenvalue weighted by Crippen LogP contribution is -2.08. The number of pyridine rings is 1. The SMILES string of the molecule is Cn1nccc1Nc1nccc(-c2ccnc(NN)c2)n1. The molecule has 0 atom stereocenters. The van der Waals surface area contributed by atoms with Crippen molar-refractivity contribution in [2.45, 2.75) is 0 Å². The zero-order valence-corrected chi connectivity index (χ0v) is 11.4. The van der Waals surface area contributed by atoms with Gasteiger partial charge in [-0.1, -0.05) is 0 Å². The van der Waals surface area contributed by atoms with E-state index >= 15 is 0 Å². The third-order valence-corrected chi connectivity index (χ3v) is 2.92. The molecule has 106 valence electrons. The fourth-order valence-electron chi connectivity index (χ4n) is 1.86. The maximum Gasteiger partial charge on any atom is 0.228 e. The number of hydrazine groups is 1. The number of nitrogens with zero attached hydrogens (tertiary/aromatic N) is 5. The van der Waals surface area contributed by atoms with Crippen LogP contribution >= 0.6 is 0 Å². The van der Waals surface area contributed by atoms with Gasteiger partial charge in [0.2, 0.25) is 5.95 Å². The number of aryl methyl sites for hydroxylation is 1. The summed E-state index contributed by atoms with van der Waals surface area (Å²) in [6.07, 6.45) is 5.06. The average Bonchev–Trinajstić information content (AvgIpc) is 2.93. The number of rotatable bonds is 4. The Labute approximate surface area is 121 Å². The summed E-state index contributed by atoms with van der Waals surface area (Å²) in [5, 5.41) is 7.20. The first kappa shape index (κ1) is 13.0. The second-order valence-corrected chi connectivity index (χ2v) is 4.30. The van der Waals surface area contributed by atoms with Crippen molar-refractivity contribution in [1.29, 1.82) is 0 Å². The van der Waals surface area contributed by atoms with Gasteiger partial charge in [0.15, 0.2) is 0 Å². The lowest BCUT2D eigenvalue weighted by atomic mass is 10.2. The Morgan fingerprint density at radius 3 is 2.71 bits per heavy atom. The Balaban J connectivity index is 1.90. The maximum atomic E-state index is 5.37. The molecule has 0 aliphatic heterocycles. The maximum absolute atomic E-state index is 5.37. The normalized spacial score (nSPS) is 10.4. The summed E-state index contributed by atoms with van der Waals surface area (Å²) >= 11 is 0. The molecule has 0 radical (unpaired) electrons. The van der Waals surface area contributed by atoms with Gasteiger partial charge in [-0.25, -0.2) is 20.8 Å². The Morgan fingerprint density at radius 2 is 1.95 bits per heavy atom. The molecule has 0 bridgehead atoms. The third kappa shape index (κ3) is 2.79. The van der Waals surface area contributed by atoms with E-state index in [-0.39, 0.29) is 0 Å². The van der Waals surface area contributed by atoms with Crippen molar-refractivity contribution in [3.8, 4) is 11.3 Å². The molecular weight excluding hydrogens is 268 g/mol. The van der Waals surface area contributed by atoms with Crippen LogP contribution in [0.15, 0.2) is 42.9 Å². The number of anilines is 3. The summed E-state index contributed by atoms with van der Waals surface area (Å²) in [7, 11) is 1.84. The van der Waals surface area contributed by atoms with Crippen LogP contribution in [0.2, 0.25) is 0 Å². The van der Waals surface area contributed by atoms with Gasteiger partial charge >= 0.3 is 0 Å². The summed E-state index contributed by atoms with van der Waals surface area (Å²) in [6.45, 7) is 0. The summed E-state index contributed by atoms with van der Waals surface area (Å²) in [5.74, 6) is 7.25. The Kier molecular flexibility index (Phi) is 3.44. The molecule has 0 unspecified atom stereocenters. The summed E-state index contributed by atoms with van der Waals surface area (Å²) in [6, 6.07) is 7.34. The highest BCUT2D eigenvalue weighted by Crippen LogP contribution is 2.20. The first-order chi connectivity index (χ1) is 10.3. The van der Waals surface area contributed by atoms with Gasteiger partial charge in [-0.3, -0.25) is 4.68 Å². The van der Waals surface area contributed by atoms with Gasteiger partial charge in [0.25, 0.3) is 0 Å². The van der Waals surface area contributed by atoms with E-state index in [1.54, 1.807) is 23.3 Å². The molecule has 3 heterocycles. The molecule has 0 aliphatic carbocycles. The lowest BCUT2D eigenvalue weighted by Gasteiger charge is -2.07. The Bertz CT molecular complexity index is 751. The van der Waals surface area contributed by atoms with Crippen LogP contribution in [0.5, 0.6) is 0 Å². The number of aromatic nitrogens is 5. The van der Waals surface area contributed by atoms with E-state index in [1.165, 1.54) is 0 Å². The molecule has 8 heteroatoms. The van der Waals surface area contributed by atoms with Crippen molar-refractivity contribution in [2.24, 2.45) is 12.9 Å². The molecule has 0 saturated carbocycles.